The molecule has 1 aliphatic heterocycles. The third kappa shape index (κ3) is 3.40. The maximum Gasteiger partial charge on any atom is 0.333 e. The molecule has 1 aliphatic rings. The first kappa shape index (κ1) is 19.3. The number of carbonyl (C=O) groups excluding carboxylic acids is 2. The van der Waals surface area contributed by atoms with Crippen LogP contribution in [-0.4, -0.2) is 30.0 Å². The number of ether oxygens (including phenoxy) is 2. The van der Waals surface area contributed by atoms with E-state index in [0.29, 0.717) is 11.3 Å². The second-order valence-electron chi connectivity index (χ2n) is 6.74. The molecule has 0 aliphatic carbocycles. The fourth-order valence-corrected chi connectivity index (χ4v) is 3.18. The van der Waals surface area contributed by atoms with E-state index in [1.165, 1.54) is 30.2 Å². The van der Waals surface area contributed by atoms with E-state index in [2.05, 4.69) is 0 Å². The van der Waals surface area contributed by atoms with E-state index in [-0.39, 0.29) is 17.3 Å². The summed E-state index contributed by atoms with van der Waals surface area (Å²) < 4.78 is 10.8. The Balaban J connectivity index is 2.22. The van der Waals surface area contributed by atoms with Gasteiger partial charge < -0.3 is 9.47 Å². The molecule has 0 saturated heterocycles. The molecule has 2 aromatic carbocycles. The third-order valence-corrected chi connectivity index (χ3v) is 4.55. The van der Waals surface area contributed by atoms with E-state index < -0.39 is 28.9 Å². The van der Waals surface area contributed by atoms with Crippen molar-refractivity contribution in [3.05, 3.63) is 64.2 Å². The molecule has 8 nitrogen and oxygen atoms in total. The number of methoxy groups -OCH3 is 1. The van der Waals surface area contributed by atoms with Gasteiger partial charge in [-0.25, -0.2) is 4.79 Å². The first-order chi connectivity index (χ1) is 13.3. The highest BCUT2D eigenvalue weighted by atomic mass is 16.6. The van der Waals surface area contributed by atoms with Crippen LogP contribution >= 0.6 is 0 Å². The van der Waals surface area contributed by atoms with Gasteiger partial charge in [0, 0.05) is 12.1 Å². The van der Waals surface area contributed by atoms with E-state index >= 15 is 0 Å². The number of nitro groups is 1. The van der Waals surface area contributed by atoms with E-state index in [0.717, 1.165) is 0 Å². The minimum absolute atomic E-state index is 0.162. The van der Waals surface area contributed by atoms with Crippen molar-refractivity contribution >= 4 is 23.3 Å². The summed E-state index contributed by atoms with van der Waals surface area (Å²) in [4.78, 5) is 37.9. The highest BCUT2D eigenvalue weighted by molar-refractivity contribution is 6.05. The van der Waals surface area contributed by atoms with E-state index in [9.17, 15) is 19.7 Å². The lowest BCUT2D eigenvalue weighted by Gasteiger charge is -2.39. The molecule has 3 rings (SSSR count). The summed E-state index contributed by atoms with van der Waals surface area (Å²) in [6.45, 7) is 3.65. The van der Waals surface area contributed by atoms with Crippen molar-refractivity contribution in [3.8, 4) is 5.75 Å². The molecule has 28 heavy (non-hydrogen) atoms. The summed E-state index contributed by atoms with van der Waals surface area (Å²) in [6, 6.07) is 11.6. The molecule has 2 aromatic rings. The highest BCUT2D eigenvalue weighted by Crippen LogP contribution is 2.42. The quantitative estimate of drug-likeness (QED) is 0.446. The first-order valence-electron chi connectivity index (χ1n) is 8.76. The van der Waals surface area contributed by atoms with Crippen LogP contribution in [0.5, 0.6) is 5.75 Å². The Labute approximate surface area is 161 Å². The van der Waals surface area contributed by atoms with E-state index in [1.807, 2.05) is 13.8 Å². The second-order valence-corrected chi connectivity index (χ2v) is 6.74. The Bertz CT molecular complexity index is 912. The van der Waals surface area contributed by atoms with Gasteiger partial charge in [-0.05, 0) is 17.5 Å². The number of carbonyl (C=O) groups is 2. The van der Waals surface area contributed by atoms with Crippen LogP contribution in [0.3, 0.4) is 0 Å². The number of nitro benzene ring substituents is 1. The van der Waals surface area contributed by atoms with Crippen molar-refractivity contribution in [3.63, 3.8) is 0 Å². The van der Waals surface area contributed by atoms with Crippen LogP contribution in [0.15, 0.2) is 48.5 Å². The zero-order valence-corrected chi connectivity index (χ0v) is 15.7. The molecule has 0 fully saturated rings. The molecule has 2 unspecified atom stereocenters. The number of anilines is 1. The molecule has 0 spiro atoms. The third-order valence-electron chi connectivity index (χ3n) is 4.55. The summed E-state index contributed by atoms with van der Waals surface area (Å²) in [5.74, 6) is -0.982. The molecule has 1 amide bonds. The van der Waals surface area contributed by atoms with E-state index in [4.69, 9.17) is 9.47 Å². The van der Waals surface area contributed by atoms with Crippen molar-refractivity contribution in [2.75, 3.05) is 12.0 Å². The Morgan fingerprint density at radius 3 is 2.46 bits per heavy atom. The van der Waals surface area contributed by atoms with Gasteiger partial charge in [0.1, 0.15) is 5.75 Å². The molecule has 146 valence electrons. The SMILES string of the molecule is COC(=O)C(c1ccccc1)N1C(=O)C(C(C)C)Oc2ccc([N+](=O)[O-])cc21. The average Bonchev–Trinajstić information content (AvgIpc) is 2.69. The van der Waals surface area contributed by atoms with Crippen LogP contribution in [0, 0.1) is 16.0 Å². The zero-order chi connectivity index (χ0) is 20.4. The number of fused-ring (bicyclic) bond motifs is 1. The minimum Gasteiger partial charge on any atom is -0.478 e. The molecular weight excluding hydrogens is 364 g/mol. The van der Waals surface area contributed by atoms with Crippen molar-refractivity contribution in [1.82, 2.24) is 0 Å². The summed E-state index contributed by atoms with van der Waals surface area (Å²) in [5, 5.41) is 11.2. The van der Waals surface area contributed by atoms with Crippen LogP contribution < -0.4 is 9.64 Å². The fourth-order valence-electron chi connectivity index (χ4n) is 3.18. The van der Waals surface area contributed by atoms with Gasteiger partial charge in [0.2, 0.25) is 0 Å². The Hall–Kier alpha value is -3.42. The fraction of sp³-hybridized carbons (Fsp3) is 0.300. The largest absolute Gasteiger partial charge is 0.478 e. The van der Waals surface area contributed by atoms with Gasteiger partial charge >= 0.3 is 5.97 Å². The number of hydrogen-bond acceptors (Lipinski definition) is 6. The predicted molar refractivity (Wildman–Crippen MR) is 101 cm³/mol. The average molecular weight is 384 g/mol. The van der Waals surface area contributed by atoms with Gasteiger partial charge in [0.25, 0.3) is 11.6 Å². The number of benzene rings is 2. The number of nitrogens with zero attached hydrogens (tertiary/aromatic N) is 2. The molecule has 8 heteroatoms. The topological polar surface area (TPSA) is 99.0 Å². The second kappa shape index (κ2) is 7.67. The zero-order valence-electron chi connectivity index (χ0n) is 15.7. The van der Waals surface area contributed by atoms with Gasteiger partial charge in [-0.3, -0.25) is 19.8 Å². The molecule has 0 N–H and O–H groups in total. The van der Waals surface area contributed by atoms with Crippen molar-refractivity contribution in [1.29, 1.82) is 0 Å². The van der Waals surface area contributed by atoms with Crippen molar-refractivity contribution in [2.24, 2.45) is 5.92 Å². The normalized spacial score (nSPS) is 16.9. The Morgan fingerprint density at radius 2 is 1.89 bits per heavy atom. The van der Waals surface area contributed by atoms with Crippen LogP contribution in [0.25, 0.3) is 0 Å². The maximum atomic E-state index is 13.3. The first-order valence-corrected chi connectivity index (χ1v) is 8.76. The van der Waals surface area contributed by atoms with Gasteiger partial charge in [-0.15, -0.1) is 0 Å². The van der Waals surface area contributed by atoms with Gasteiger partial charge in [0.15, 0.2) is 12.1 Å². The maximum absolute atomic E-state index is 13.3. The number of amides is 1. The minimum atomic E-state index is -1.09. The van der Waals surface area contributed by atoms with Gasteiger partial charge in [-0.2, -0.15) is 0 Å². The number of non-ortho nitro benzene ring substituents is 1. The van der Waals surface area contributed by atoms with Crippen LogP contribution in [0.1, 0.15) is 25.5 Å². The molecule has 1 heterocycles. The number of rotatable bonds is 5. The monoisotopic (exact) mass is 384 g/mol. The summed E-state index contributed by atoms with van der Waals surface area (Å²) in [5.41, 5.74) is 0.486. The molecule has 2 atom stereocenters. The molecule has 0 bridgehead atoms. The van der Waals surface area contributed by atoms with Crippen LogP contribution in [-0.2, 0) is 14.3 Å². The van der Waals surface area contributed by atoms with E-state index in [1.54, 1.807) is 30.3 Å². The van der Waals surface area contributed by atoms with Crippen LogP contribution in [0.2, 0.25) is 0 Å². The number of hydrogen-bond donors (Lipinski definition) is 0. The van der Waals surface area contributed by atoms with Crippen LogP contribution in [0.4, 0.5) is 11.4 Å². The Morgan fingerprint density at radius 1 is 1.21 bits per heavy atom. The molecular formula is C20H20N2O6. The number of esters is 1. The van der Waals surface area contributed by atoms with Crippen molar-refractivity contribution in [2.45, 2.75) is 26.0 Å². The lowest BCUT2D eigenvalue weighted by atomic mass is 9.98. The summed E-state index contributed by atoms with van der Waals surface area (Å²) in [6.07, 6.45) is -0.829. The molecule has 0 radical (unpaired) electrons. The van der Waals surface area contributed by atoms with Crippen molar-refractivity contribution < 1.29 is 24.0 Å². The Kier molecular flexibility index (Phi) is 5.30. The summed E-state index contributed by atoms with van der Waals surface area (Å²) in [7, 11) is 1.23. The highest BCUT2D eigenvalue weighted by Gasteiger charge is 2.44. The standard InChI is InChI=1S/C20H20N2O6/c1-12(2)18-19(23)21(15-11-14(22(25)26)9-10-16(15)28-18)17(20(24)27-3)13-7-5-4-6-8-13/h4-12,17-18H,1-3H3. The molecule has 0 aromatic heterocycles. The molecule has 0 saturated carbocycles. The summed E-state index contributed by atoms with van der Waals surface area (Å²) >= 11 is 0. The lowest BCUT2D eigenvalue weighted by molar-refractivity contribution is -0.384. The lowest BCUT2D eigenvalue weighted by Crippen LogP contribution is -2.51. The smallest absolute Gasteiger partial charge is 0.333 e. The predicted octanol–water partition coefficient (Wildman–Crippen LogP) is 3.26. The van der Waals surface area contributed by atoms with Gasteiger partial charge in [-0.1, -0.05) is 44.2 Å². The van der Waals surface area contributed by atoms with Gasteiger partial charge in [0.05, 0.1) is 17.7 Å².